The van der Waals surface area contributed by atoms with Crippen LogP contribution in [0.1, 0.15) is 26.7 Å². The van der Waals surface area contributed by atoms with Crippen molar-refractivity contribution in [1.82, 2.24) is 5.32 Å². The smallest absolute Gasteiger partial charge is 0.221 e. The molecule has 0 atom stereocenters. The van der Waals surface area contributed by atoms with E-state index >= 15 is 0 Å². The number of hydrogen-bond acceptors (Lipinski definition) is 1. The van der Waals surface area contributed by atoms with Crippen LogP contribution < -0.4 is 5.32 Å². The fraction of sp³-hybridized carbons (Fsp3) is 0.625. The normalized spacial score (nSPS) is 9.00. The first-order chi connectivity index (χ1) is 4.66. The Morgan fingerprint density at radius 1 is 1.70 bits per heavy atom. The maximum atomic E-state index is 10.8. The third-order valence-electron chi connectivity index (χ3n) is 0.946. The Hall–Kier alpha value is -0.970. The molecule has 1 N–H and O–H groups in total. The van der Waals surface area contributed by atoms with E-state index in [-0.39, 0.29) is 11.9 Å². The van der Waals surface area contributed by atoms with Crippen molar-refractivity contribution in [3.05, 3.63) is 0 Å². The monoisotopic (exact) mass is 139 g/mol. The molecular weight excluding hydrogens is 126 g/mol. The Labute approximate surface area is 62.0 Å². The molecule has 0 aliphatic rings. The van der Waals surface area contributed by atoms with Crippen LogP contribution in [0.3, 0.4) is 0 Å². The molecule has 0 aromatic heterocycles. The van der Waals surface area contributed by atoms with E-state index in [2.05, 4.69) is 11.2 Å². The summed E-state index contributed by atoms with van der Waals surface area (Å²) in [6, 6.07) is 0.213. The van der Waals surface area contributed by atoms with Crippen molar-refractivity contribution in [3.8, 4) is 12.3 Å². The van der Waals surface area contributed by atoms with Gasteiger partial charge >= 0.3 is 0 Å². The lowest BCUT2D eigenvalue weighted by molar-refractivity contribution is -0.121. The highest BCUT2D eigenvalue weighted by atomic mass is 16.1. The van der Waals surface area contributed by atoms with Crippen molar-refractivity contribution in [2.75, 3.05) is 0 Å². The van der Waals surface area contributed by atoms with Crippen LogP contribution in [0.4, 0.5) is 0 Å². The molecule has 10 heavy (non-hydrogen) atoms. The van der Waals surface area contributed by atoms with Gasteiger partial charge in [-0.25, -0.2) is 0 Å². The summed E-state index contributed by atoms with van der Waals surface area (Å²) in [6.07, 6.45) is 5.94. The molecule has 0 saturated heterocycles. The van der Waals surface area contributed by atoms with Gasteiger partial charge in [-0.1, -0.05) is 0 Å². The van der Waals surface area contributed by atoms with Crippen LogP contribution >= 0.6 is 0 Å². The molecule has 0 unspecified atom stereocenters. The van der Waals surface area contributed by atoms with Crippen LogP contribution in [-0.4, -0.2) is 11.9 Å². The SMILES string of the molecule is C#CCCC(=O)NC(C)C. The number of carbonyl (C=O) groups excluding carboxylic acids is 1. The van der Waals surface area contributed by atoms with E-state index in [1.165, 1.54) is 0 Å². The van der Waals surface area contributed by atoms with Crippen molar-refractivity contribution in [3.63, 3.8) is 0 Å². The molecule has 0 aromatic carbocycles. The van der Waals surface area contributed by atoms with E-state index in [1.54, 1.807) is 0 Å². The molecule has 0 aliphatic carbocycles. The van der Waals surface area contributed by atoms with E-state index in [0.717, 1.165) is 0 Å². The van der Waals surface area contributed by atoms with Crippen LogP contribution in [0.2, 0.25) is 0 Å². The molecule has 2 heteroatoms. The molecule has 0 radical (unpaired) electrons. The molecule has 0 heterocycles. The van der Waals surface area contributed by atoms with Gasteiger partial charge in [0.1, 0.15) is 0 Å². The van der Waals surface area contributed by atoms with Crippen LogP contribution in [0.5, 0.6) is 0 Å². The first kappa shape index (κ1) is 9.03. The Balaban J connectivity index is 3.37. The van der Waals surface area contributed by atoms with Crippen LogP contribution in [0, 0.1) is 12.3 Å². The molecule has 0 fully saturated rings. The minimum atomic E-state index is 0.0351. The van der Waals surface area contributed by atoms with Crippen molar-refractivity contribution < 1.29 is 4.79 Å². The lowest BCUT2D eigenvalue weighted by Crippen LogP contribution is -2.29. The van der Waals surface area contributed by atoms with Crippen molar-refractivity contribution >= 4 is 5.91 Å². The molecule has 0 bridgehead atoms. The predicted molar refractivity (Wildman–Crippen MR) is 41.3 cm³/mol. The molecule has 0 saturated carbocycles. The van der Waals surface area contributed by atoms with E-state index in [1.807, 2.05) is 13.8 Å². The third-order valence-corrected chi connectivity index (χ3v) is 0.946. The van der Waals surface area contributed by atoms with E-state index in [4.69, 9.17) is 6.42 Å². The van der Waals surface area contributed by atoms with Crippen LogP contribution in [-0.2, 0) is 4.79 Å². The molecule has 0 aromatic rings. The summed E-state index contributed by atoms with van der Waals surface area (Å²) in [5, 5.41) is 2.74. The van der Waals surface area contributed by atoms with E-state index < -0.39 is 0 Å². The average molecular weight is 139 g/mol. The highest BCUT2D eigenvalue weighted by molar-refractivity contribution is 5.76. The summed E-state index contributed by atoms with van der Waals surface area (Å²) < 4.78 is 0. The molecule has 0 spiro atoms. The number of rotatable bonds is 3. The quantitative estimate of drug-likeness (QED) is 0.579. The lowest BCUT2D eigenvalue weighted by atomic mass is 10.3. The molecule has 56 valence electrons. The summed E-state index contributed by atoms with van der Waals surface area (Å²) in [5.41, 5.74) is 0. The van der Waals surface area contributed by atoms with Gasteiger partial charge in [-0.05, 0) is 13.8 Å². The fourth-order valence-electron chi connectivity index (χ4n) is 0.580. The number of carbonyl (C=O) groups is 1. The molecule has 0 aliphatic heterocycles. The van der Waals surface area contributed by atoms with Crippen molar-refractivity contribution in [2.45, 2.75) is 32.7 Å². The summed E-state index contributed by atoms with van der Waals surface area (Å²) in [5.74, 6) is 2.45. The predicted octanol–water partition coefficient (Wildman–Crippen LogP) is 0.924. The van der Waals surface area contributed by atoms with Gasteiger partial charge in [0.15, 0.2) is 0 Å². The summed E-state index contributed by atoms with van der Waals surface area (Å²) >= 11 is 0. The van der Waals surface area contributed by atoms with Gasteiger partial charge < -0.3 is 5.32 Å². The van der Waals surface area contributed by atoms with Gasteiger partial charge in [-0.2, -0.15) is 0 Å². The minimum absolute atomic E-state index is 0.0351. The van der Waals surface area contributed by atoms with Crippen molar-refractivity contribution in [2.24, 2.45) is 0 Å². The van der Waals surface area contributed by atoms with Gasteiger partial charge in [0, 0.05) is 18.9 Å². The minimum Gasteiger partial charge on any atom is -0.354 e. The highest BCUT2D eigenvalue weighted by Crippen LogP contribution is 1.87. The third kappa shape index (κ3) is 5.17. The zero-order chi connectivity index (χ0) is 7.98. The van der Waals surface area contributed by atoms with Gasteiger partial charge in [0.05, 0.1) is 0 Å². The first-order valence-corrected chi connectivity index (χ1v) is 3.39. The Morgan fingerprint density at radius 2 is 2.30 bits per heavy atom. The zero-order valence-electron chi connectivity index (χ0n) is 6.48. The standard InChI is InChI=1S/C8H13NO/c1-4-5-6-8(10)9-7(2)3/h1,7H,5-6H2,2-3H3,(H,9,10). The Bertz CT molecular complexity index is 144. The largest absolute Gasteiger partial charge is 0.354 e. The maximum absolute atomic E-state index is 10.8. The Kier molecular flexibility index (Phi) is 4.39. The average Bonchev–Trinajstić information content (AvgIpc) is 1.82. The first-order valence-electron chi connectivity index (χ1n) is 3.39. The second kappa shape index (κ2) is 4.87. The second-order valence-corrected chi connectivity index (χ2v) is 2.43. The molecule has 2 nitrogen and oxygen atoms in total. The maximum Gasteiger partial charge on any atom is 0.221 e. The fourth-order valence-corrected chi connectivity index (χ4v) is 0.580. The number of hydrogen-bond donors (Lipinski definition) is 1. The summed E-state index contributed by atoms with van der Waals surface area (Å²) in [7, 11) is 0. The Morgan fingerprint density at radius 3 is 2.70 bits per heavy atom. The van der Waals surface area contributed by atoms with Gasteiger partial charge in [0.2, 0.25) is 5.91 Å². The second-order valence-electron chi connectivity index (χ2n) is 2.43. The summed E-state index contributed by atoms with van der Waals surface area (Å²) in [6.45, 7) is 3.85. The number of nitrogens with one attached hydrogen (secondary N) is 1. The molecule has 0 rings (SSSR count). The van der Waals surface area contributed by atoms with Crippen LogP contribution in [0.25, 0.3) is 0 Å². The molecule has 1 amide bonds. The van der Waals surface area contributed by atoms with Crippen LogP contribution in [0.15, 0.2) is 0 Å². The number of terminal acetylenes is 1. The van der Waals surface area contributed by atoms with E-state index in [9.17, 15) is 4.79 Å². The topological polar surface area (TPSA) is 29.1 Å². The molecular formula is C8H13NO. The lowest BCUT2D eigenvalue weighted by Gasteiger charge is -2.05. The zero-order valence-corrected chi connectivity index (χ0v) is 6.48. The highest BCUT2D eigenvalue weighted by Gasteiger charge is 1.99. The summed E-state index contributed by atoms with van der Waals surface area (Å²) in [4.78, 5) is 10.8. The van der Waals surface area contributed by atoms with Gasteiger partial charge in [-0.15, -0.1) is 12.3 Å². The van der Waals surface area contributed by atoms with Gasteiger partial charge in [-0.3, -0.25) is 4.79 Å². The van der Waals surface area contributed by atoms with E-state index in [0.29, 0.717) is 12.8 Å². The van der Waals surface area contributed by atoms with Gasteiger partial charge in [0.25, 0.3) is 0 Å². The van der Waals surface area contributed by atoms with Crippen molar-refractivity contribution in [1.29, 1.82) is 0 Å². The number of amides is 1.